The van der Waals surface area contributed by atoms with Gasteiger partial charge in [-0.15, -0.1) is 0 Å². The van der Waals surface area contributed by atoms with Crippen LogP contribution in [0.2, 0.25) is 0 Å². The summed E-state index contributed by atoms with van der Waals surface area (Å²) in [4.78, 5) is 53.6. The minimum atomic E-state index is -1.05. The number of benzene rings is 1. The van der Waals surface area contributed by atoms with Crippen molar-refractivity contribution in [1.29, 1.82) is 0 Å². The maximum Gasteiger partial charge on any atom is 0.330 e. The monoisotopic (exact) mass is 717 g/mol. The van der Waals surface area contributed by atoms with E-state index < -0.39 is 17.9 Å². The predicted octanol–water partition coefficient (Wildman–Crippen LogP) is 6.99. The van der Waals surface area contributed by atoms with E-state index in [4.69, 9.17) is 18.9 Å². The van der Waals surface area contributed by atoms with Crippen molar-refractivity contribution in [3.05, 3.63) is 84.2 Å². The van der Waals surface area contributed by atoms with Gasteiger partial charge in [0.15, 0.2) is 11.6 Å². The SMILES string of the molecule is C=CC(=O)OCCOC1=CC(=[N+](CCCC)CCCC)C=CC1=C1C(=O)C(c2ccc(N(CCCC)CCCC)cc2OCCOC(=O)C=C)C1=O. The van der Waals surface area contributed by atoms with Crippen LogP contribution in [0.1, 0.15) is 90.5 Å². The van der Waals surface area contributed by atoms with E-state index in [1.807, 2.05) is 24.3 Å². The van der Waals surface area contributed by atoms with Crippen molar-refractivity contribution in [2.75, 3.05) is 57.5 Å². The summed E-state index contributed by atoms with van der Waals surface area (Å²) in [7, 11) is 0. The molecule has 0 spiro atoms. The predicted molar refractivity (Wildman–Crippen MR) is 204 cm³/mol. The normalized spacial score (nSPS) is 15.1. The van der Waals surface area contributed by atoms with Gasteiger partial charge in [-0.1, -0.05) is 72.6 Å². The molecule has 0 amide bonds. The molecule has 3 rings (SSSR count). The first-order valence-corrected chi connectivity index (χ1v) is 18.8. The van der Waals surface area contributed by atoms with Gasteiger partial charge in [0.2, 0.25) is 5.71 Å². The number of unbranched alkanes of at least 4 members (excludes halogenated alkanes) is 4. The Balaban J connectivity index is 2.01. The smallest absolute Gasteiger partial charge is 0.330 e. The molecule has 2 aliphatic rings. The largest absolute Gasteiger partial charge is 0.490 e. The molecule has 0 saturated heterocycles. The fourth-order valence-electron chi connectivity index (χ4n) is 5.96. The maximum atomic E-state index is 14.0. The molecule has 2 aliphatic carbocycles. The molecule has 0 bridgehead atoms. The van der Waals surface area contributed by atoms with Crippen LogP contribution in [0, 0.1) is 0 Å². The number of carbonyl (C=O) groups is 4. The third kappa shape index (κ3) is 11.6. The molecule has 1 aromatic carbocycles. The second-order valence-corrected chi connectivity index (χ2v) is 12.8. The quantitative estimate of drug-likeness (QED) is 0.0279. The van der Waals surface area contributed by atoms with Gasteiger partial charge in [0.1, 0.15) is 56.9 Å². The van der Waals surface area contributed by atoms with Gasteiger partial charge in [-0.3, -0.25) is 9.59 Å². The number of carbonyl (C=O) groups excluding carboxylic acids is 4. The lowest BCUT2D eigenvalue weighted by molar-refractivity contribution is -0.527. The lowest BCUT2D eigenvalue weighted by atomic mass is 9.70. The molecular formula is C42H57N2O8+. The minimum absolute atomic E-state index is 0.0173. The summed E-state index contributed by atoms with van der Waals surface area (Å²) >= 11 is 0. The molecular weight excluding hydrogens is 660 g/mol. The number of hydrogen-bond donors (Lipinski definition) is 0. The molecule has 1 saturated carbocycles. The van der Waals surface area contributed by atoms with Gasteiger partial charge in [-0.25, -0.2) is 14.2 Å². The Morgan fingerprint density at radius 1 is 0.769 bits per heavy atom. The Bertz CT molecular complexity index is 1530. The van der Waals surface area contributed by atoms with E-state index in [-0.39, 0.29) is 43.6 Å². The van der Waals surface area contributed by atoms with Crippen LogP contribution >= 0.6 is 0 Å². The van der Waals surface area contributed by atoms with Crippen molar-refractivity contribution < 1.29 is 42.7 Å². The molecule has 0 aromatic heterocycles. The molecule has 1 fully saturated rings. The van der Waals surface area contributed by atoms with Crippen LogP contribution in [0.25, 0.3) is 0 Å². The number of anilines is 1. The summed E-state index contributed by atoms with van der Waals surface area (Å²) in [5, 5.41) is 0. The third-order valence-electron chi connectivity index (χ3n) is 8.92. The number of Topliss-reactive ketones (excluding diaryl/α,β-unsaturated/α-hetero) is 2. The van der Waals surface area contributed by atoms with Crippen molar-refractivity contribution in [2.45, 2.75) is 85.0 Å². The molecule has 282 valence electrons. The Kier molecular flexibility index (Phi) is 17.8. The summed E-state index contributed by atoms with van der Waals surface area (Å²) < 4.78 is 24.8. The number of rotatable bonds is 24. The zero-order chi connectivity index (χ0) is 37.9. The lowest BCUT2D eigenvalue weighted by Crippen LogP contribution is -2.40. The summed E-state index contributed by atoms with van der Waals surface area (Å²) in [6.07, 6.45) is 16.0. The van der Waals surface area contributed by atoms with Crippen LogP contribution < -0.4 is 9.64 Å². The van der Waals surface area contributed by atoms with Crippen molar-refractivity contribution in [1.82, 2.24) is 0 Å². The number of hydrogen-bond acceptors (Lipinski definition) is 9. The Morgan fingerprint density at radius 3 is 1.87 bits per heavy atom. The highest BCUT2D eigenvalue weighted by Gasteiger charge is 2.48. The summed E-state index contributed by atoms with van der Waals surface area (Å²) in [5.74, 6) is -2.08. The van der Waals surface area contributed by atoms with Crippen LogP contribution in [0.15, 0.2) is 78.6 Å². The van der Waals surface area contributed by atoms with Crippen LogP contribution in [0.5, 0.6) is 5.75 Å². The highest BCUT2D eigenvalue weighted by Crippen LogP contribution is 2.43. The maximum absolute atomic E-state index is 14.0. The Hall–Kier alpha value is -4.73. The average molecular weight is 718 g/mol. The van der Waals surface area contributed by atoms with E-state index in [1.165, 1.54) is 0 Å². The van der Waals surface area contributed by atoms with E-state index in [2.05, 4.69) is 50.3 Å². The summed E-state index contributed by atoms with van der Waals surface area (Å²) in [5.41, 5.74) is 2.79. The summed E-state index contributed by atoms with van der Waals surface area (Å²) in [6.45, 7) is 18.9. The number of esters is 2. The second-order valence-electron chi connectivity index (χ2n) is 12.8. The first-order valence-electron chi connectivity index (χ1n) is 18.8. The molecule has 0 N–H and O–H groups in total. The van der Waals surface area contributed by atoms with Crippen molar-refractivity contribution in [2.24, 2.45) is 0 Å². The van der Waals surface area contributed by atoms with Gasteiger partial charge in [0.25, 0.3) is 0 Å². The first-order chi connectivity index (χ1) is 25.2. The van der Waals surface area contributed by atoms with Crippen molar-refractivity contribution in [3.8, 4) is 5.75 Å². The highest BCUT2D eigenvalue weighted by molar-refractivity contribution is 6.42. The lowest BCUT2D eigenvalue weighted by Gasteiger charge is -2.31. The fourth-order valence-corrected chi connectivity index (χ4v) is 5.96. The molecule has 0 heterocycles. The first kappa shape index (κ1) is 41.7. The fraction of sp³-hybridized carbons (Fsp3) is 0.500. The molecule has 10 heteroatoms. The number of nitrogens with zero attached hydrogens (tertiary/aromatic N) is 2. The van der Waals surface area contributed by atoms with Crippen LogP contribution in [0.3, 0.4) is 0 Å². The number of allylic oxidation sites excluding steroid dienone is 4. The van der Waals surface area contributed by atoms with Crippen molar-refractivity contribution >= 4 is 34.9 Å². The minimum Gasteiger partial charge on any atom is -0.490 e. The Morgan fingerprint density at radius 2 is 1.33 bits per heavy atom. The van der Waals surface area contributed by atoms with Gasteiger partial charge in [-0.2, -0.15) is 0 Å². The number of ketones is 2. The molecule has 0 unspecified atom stereocenters. The van der Waals surface area contributed by atoms with E-state index in [1.54, 1.807) is 12.1 Å². The van der Waals surface area contributed by atoms with Crippen LogP contribution in [-0.4, -0.2) is 86.4 Å². The summed E-state index contributed by atoms with van der Waals surface area (Å²) in [6, 6.07) is 5.62. The van der Waals surface area contributed by atoms with E-state index in [0.717, 1.165) is 101 Å². The van der Waals surface area contributed by atoms with Crippen LogP contribution in [-0.2, 0) is 33.4 Å². The molecule has 1 aromatic rings. The highest BCUT2D eigenvalue weighted by atomic mass is 16.6. The third-order valence-corrected chi connectivity index (χ3v) is 8.92. The van der Waals surface area contributed by atoms with Gasteiger partial charge in [0, 0.05) is 67.0 Å². The van der Waals surface area contributed by atoms with Crippen LogP contribution in [0.4, 0.5) is 5.69 Å². The molecule has 0 radical (unpaired) electrons. The zero-order valence-corrected chi connectivity index (χ0v) is 31.6. The van der Waals surface area contributed by atoms with Gasteiger partial charge >= 0.3 is 11.9 Å². The van der Waals surface area contributed by atoms with Crippen molar-refractivity contribution in [3.63, 3.8) is 0 Å². The Labute approximate surface area is 309 Å². The number of ether oxygens (including phenoxy) is 4. The van der Waals surface area contributed by atoms with Gasteiger partial charge in [-0.05, 0) is 25.0 Å². The zero-order valence-electron chi connectivity index (χ0n) is 31.6. The average Bonchev–Trinajstić information content (AvgIpc) is 3.16. The van der Waals surface area contributed by atoms with Gasteiger partial charge < -0.3 is 23.8 Å². The van der Waals surface area contributed by atoms with E-state index >= 15 is 0 Å². The molecule has 52 heavy (non-hydrogen) atoms. The standard InChI is InChI=1S/C42H57N2O8/c1-7-13-21-43(22-14-8-2)31-17-19-33(35(29-31)49-25-27-51-37(45)11-5)39-41(47)40(42(39)48)34-20-18-32(44(23-15-9-3)24-16-10-4)30-36(34)50-26-28-52-38(46)12-6/h11-12,17-20,29-30,39H,5-10,13-16,21-28H2,1-4H3/q+1. The molecule has 0 aliphatic heterocycles. The van der Waals surface area contributed by atoms with Gasteiger partial charge in [0.05, 0.1) is 11.6 Å². The van der Waals surface area contributed by atoms with E-state index in [0.29, 0.717) is 22.6 Å². The molecule has 10 nitrogen and oxygen atoms in total. The van der Waals surface area contributed by atoms with E-state index in [9.17, 15) is 19.2 Å². The molecule has 0 atom stereocenters. The second kappa shape index (κ2) is 22.3. The topological polar surface area (TPSA) is 111 Å².